The highest BCUT2D eigenvalue weighted by Crippen LogP contribution is 2.42. The first-order valence-electron chi connectivity index (χ1n) is 10.0. The Morgan fingerprint density at radius 3 is 2.71 bits per heavy atom. The van der Waals surface area contributed by atoms with Gasteiger partial charge in [-0.05, 0) is 29.8 Å². The maximum Gasteiger partial charge on any atom is 0.586 e. The Bertz CT molecular complexity index is 1250. The molecule has 13 heteroatoms. The van der Waals surface area contributed by atoms with Crippen molar-refractivity contribution in [3.63, 3.8) is 0 Å². The third-order valence-corrected chi connectivity index (χ3v) is 4.97. The summed E-state index contributed by atoms with van der Waals surface area (Å²) in [7, 11) is 4.79. The molecular weight excluding hydrogens is 452 g/mol. The summed E-state index contributed by atoms with van der Waals surface area (Å²) in [5.74, 6) is 0.0851. The Kier molecular flexibility index (Phi) is 5.92. The van der Waals surface area contributed by atoms with Gasteiger partial charge in [0.2, 0.25) is 0 Å². The normalized spacial score (nSPS) is 13.3. The van der Waals surface area contributed by atoms with Crippen LogP contribution in [0.25, 0.3) is 0 Å². The molecule has 34 heavy (non-hydrogen) atoms. The molecule has 4 rings (SSSR count). The molecule has 3 aromatic rings. The average molecular weight is 473 g/mol. The summed E-state index contributed by atoms with van der Waals surface area (Å²) in [6, 6.07) is 7.15. The van der Waals surface area contributed by atoms with Gasteiger partial charge in [0, 0.05) is 45.6 Å². The number of aromatic nitrogens is 3. The zero-order valence-electron chi connectivity index (χ0n) is 18.4. The van der Waals surface area contributed by atoms with Crippen LogP contribution < -0.4 is 30.3 Å². The highest BCUT2D eigenvalue weighted by Gasteiger charge is 2.43. The molecule has 0 radical (unpaired) electrons. The highest BCUT2D eigenvalue weighted by molar-refractivity contribution is 6.07. The second kappa shape index (κ2) is 8.84. The zero-order chi connectivity index (χ0) is 24.5. The van der Waals surface area contributed by atoms with Crippen LogP contribution in [0.2, 0.25) is 0 Å². The molecule has 0 atom stereocenters. The van der Waals surface area contributed by atoms with Crippen LogP contribution in [0.15, 0.2) is 42.7 Å². The Labute approximate surface area is 192 Å². The number of amides is 3. The number of fused-ring (bicyclic) bond motifs is 1. The molecule has 178 valence electrons. The van der Waals surface area contributed by atoms with Gasteiger partial charge >= 0.3 is 12.3 Å². The number of anilines is 3. The molecule has 0 saturated heterocycles. The van der Waals surface area contributed by atoms with Crippen LogP contribution in [0.4, 0.5) is 30.9 Å². The number of nitrogens with one attached hydrogen (secondary N) is 3. The molecule has 3 heterocycles. The summed E-state index contributed by atoms with van der Waals surface area (Å²) >= 11 is 0. The number of nitrogens with zero attached hydrogens (tertiary/aromatic N) is 4. The maximum absolute atomic E-state index is 13.2. The fraction of sp³-hybridized carbons (Fsp3) is 0.238. The zero-order valence-corrected chi connectivity index (χ0v) is 18.4. The minimum absolute atomic E-state index is 0.120. The number of pyridine rings is 1. The van der Waals surface area contributed by atoms with E-state index in [1.54, 1.807) is 32.4 Å². The Hall–Kier alpha value is -4.42. The number of alkyl halides is 2. The number of ether oxygens (including phenoxy) is 2. The lowest BCUT2D eigenvalue weighted by atomic mass is 10.2. The van der Waals surface area contributed by atoms with Gasteiger partial charge in [-0.3, -0.25) is 14.4 Å². The topological polar surface area (TPSA) is 123 Å². The van der Waals surface area contributed by atoms with E-state index in [2.05, 4.69) is 35.5 Å². The molecule has 0 fully saturated rings. The van der Waals surface area contributed by atoms with E-state index in [0.29, 0.717) is 18.2 Å². The summed E-state index contributed by atoms with van der Waals surface area (Å²) in [6.45, 7) is 0.316. The predicted molar refractivity (Wildman–Crippen MR) is 118 cm³/mol. The van der Waals surface area contributed by atoms with E-state index in [1.807, 2.05) is 0 Å². The van der Waals surface area contributed by atoms with Gasteiger partial charge in [0.25, 0.3) is 5.91 Å². The van der Waals surface area contributed by atoms with E-state index in [4.69, 9.17) is 0 Å². The predicted octanol–water partition coefficient (Wildman–Crippen LogP) is 2.78. The molecular formula is C21H21F2N7O4. The van der Waals surface area contributed by atoms with Crippen molar-refractivity contribution in [2.75, 3.05) is 29.6 Å². The van der Waals surface area contributed by atoms with Gasteiger partial charge in [0.15, 0.2) is 11.5 Å². The van der Waals surface area contributed by atoms with Gasteiger partial charge in [-0.15, -0.1) is 8.78 Å². The van der Waals surface area contributed by atoms with Crippen LogP contribution in [0.1, 0.15) is 15.9 Å². The monoisotopic (exact) mass is 473 g/mol. The first-order valence-corrected chi connectivity index (χ1v) is 10.0. The van der Waals surface area contributed by atoms with Crippen molar-refractivity contribution in [1.29, 1.82) is 0 Å². The Balaban J connectivity index is 1.46. The van der Waals surface area contributed by atoms with Crippen LogP contribution in [0.3, 0.4) is 0 Å². The molecule has 1 aliphatic heterocycles. The van der Waals surface area contributed by atoms with Crippen LogP contribution in [-0.4, -0.2) is 47.1 Å². The van der Waals surface area contributed by atoms with Crippen molar-refractivity contribution in [3.05, 3.63) is 53.9 Å². The Morgan fingerprint density at radius 2 is 1.94 bits per heavy atom. The minimum atomic E-state index is -3.74. The van der Waals surface area contributed by atoms with Crippen molar-refractivity contribution >= 4 is 29.3 Å². The third kappa shape index (κ3) is 4.67. The molecule has 0 aliphatic carbocycles. The lowest BCUT2D eigenvalue weighted by Gasteiger charge is -2.16. The van der Waals surface area contributed by atoms with Gasteiger partial charge in [-0.1, -0.05) is 0 Å². The number of halogens is 2. The number of aryl methyl sites for hydroxylation is 1. The third-order valence-electron chi connectivity index (χ3n) is 4.97. The number of benzene rings is 1. The van der Waals surface area contributed by atoms with E-state index in [1.165, 1.54) is 41.0 Å². The highest BCUT2D eigenvalue weighted by atomic mass is 19.3. The maximum atomic E-state index is 13.2. The lowest BCUT2D eigenvalue weighted by molar-refractivity contribution is -0.286. The molecule has 11 nitrogen and oxygen atoms in total. The molecule has 1 aromatic carbocycles. The standard InChI is InChI=1S/C21H21F2N7O4/c1-24-20(32)29(2)17-8-12(6-7-25-17)10-26-18-14(11-27-30(18)3)19(31)28-13-4-5-15-16(9-13)34-21(22,23)33-15/h4-9,11,26H,10H2,1-3H3,(H,24,32)(H,28,31). The van der Waals surface area contributed by atoms with E-state index in [0.717, 1.165) is 5.56 Å². The number of urea groups is 1. The number of rotatable bonds is 6. The molecule has 3 N–H and O–H groups in total. The molecule has 0 bridgehead atoms. The SMILES string of the molecule is CNC(=O)N(C)c1cc(CNc2c(C(=O)Nc3ccc4c(c3)OC(F)(F)O4)cnn2C)ccn1. The lowest BCUT2D eigenvalue weighted by Crippen LogP contribution is -2.35. The van der Waals surface area contributed by atoms with Gasteiger partial charge in [-0.25, -0.2) is 9.78 Å². The van der Waals surface area contributed by atoms with Crippen molar-refractivity contribution in [3.8, 4) is 11.5 Å². The van der Waals surface area contributed by atoms with Gasteiger partial charge < -0.3 is 25.4 Å². The largest absolute Gasteiger partial charge is 0.586 e. The summed E-state index contributed by atoms with van der Waals surface area (Å²) in [6.07, 6.45) is -0.782. The summed E-state index contributed by atoms with van der Waals surface area (Å²) < 4.78 is 36.7. The summed E-state index contributed by atoms with van der Waals surface area (Å²) in [4.78, 5) is 30.2. The van der Waals surface area contributed by atoms with E-state index in [9.17, 15) is 18.4 Å². The number of carbonyl (C=O) groups excluding carboxylic acids is 2. The second-order valence-corrected chi connectivity index (χ2v) is 7.30. The fourth-order valence-corrected chi connectivity index (χ4v) is 3.25. The molecule has 0 unspecified atom stereocenters. The van der Waals surface area contributed by atoms with Crippen molar-refractivity contribution < 1.29 is 27.8 Å². The van der Waals surface area contributed by atoms with Crippen LogP contribution in [-0.2, 0) is 13.6 Å². The molecule has 0 saturated carbocycles. The van der Waals surface area contributed by atoms with Crippen molar-refractivity contribution in [1.82, 2.24) is 20.1 Å². The smallest absolute Gasteiger partial charge is 0.395 e. The van der Waals surface area contributed by atoms with Gasteiger partial charge in [0.1, 0.15) is 17.2 Å². The number of hydrogen-bond donors (Lipinski definition) is 3. The molecule has 3 amide bonds. The van der Waals surface area contributed by atoms with Crippen molar-refractivity contribution in [2.45, 2.75) is 12.8 Å². The number of carbonyl (C=O) groups is 2. The second-order valence-electron chi connectivity index (χ2n) is 7.30. The van der Waals surface area contributed by atoms with Crippen molar-refractivity contribution in [2.24, 2.45) is 7.05 Å². The van der Waals surface area contributed by atoms with Gasteiger partial charge in [-0.2, -0.15) is 5.10 Å². The minimum Gasteiger partial charge on any atom is -0.395 e. The average Bonchev–Trinajstić information content (AvgIpc) is 3.33. The quantitative estimate of drug-likeness (QED) is 0.503. The first kappa shape index (κ1) is 22.8. The van der Waals surface area contributed by atoms with Gasteiger partial charge in [0.05, 0.1) is 6.20 Å². The fourth-order valence-electron chi connectivity index (χ4n) is 3.25. The molecule has 1 aliphatic rings. The summed E-state index contributed by atoms with van der Waals surface area (Å²) in [5, 5.41) is 12.4. The van der Waals surface area contributed by atoms with Crippen LogP contribution in [0.5, 0.6) is 11.5 Å². The van der Waals surface area contributed by atoms with Crippen LogP contribution in [0, 0.1) is 0 Å². The number of hydrogen-bond acceptors (Lipinski definition) is 7. The Morgan fingerprint density at radius 1 is 1.18 bits per heavy atom. The van der Waals surface area contributed by atoms with E-state index in [-0.39, 0.29) is 28.8 Å². The first-order chi connectivity index (χ1) is 16.2. The van der Waals surface area contributed by atoms with Crippen LogP contribution >= 0.6 is 0 Å². The van der Waals surface area contributed by atoms with E-state index < -0.39 is 12.2 Å². The van der Waals surface area contributed by atoms with E-state index >= 15 is 0 Å². The molecule has 0 spiro atoms. The molecule has 2 aromatic heterocycles. The summed E-state index contributed by atoms with van der Waals surface area (Å²) in [5.41, 5.74) is 1.29.